The highest BCUT2D eigenvalue weighted by molar-refractivity contribution is 6.00. The number of ether oxygens (including phenoxy) is 1. The Bertz CT molecular complexity index is 1040. The van der Waals surface area contributed by atoms with E-state index in [0.717, 1.165) is 42.6 Å². The van der Waals surface area contributed by atoms with Gasteiger partial charge < -0.3 is 10.5 Å². The number of alkyl halides is 6. The second kappa shape index (κ2) is 8.60. The zero-order chi connectivity index (χ0) is 22.7. The van der Waals surface area contributed by atoms with Crippen molar-refractivity contribution in [2.75, 3.05) is 0 Å². The molecule has 0 spiro atoms. The molecule has 0 bridgehead atoms. The normalized spacial score (nSPS) is 11.6. The van der Waals surface area contributed by atoms with Crippen LogP contribution in [0.4, 0.5) is 26.3 Å². The molecular formula is C20H16F6N2O2. The topological polar surface area (TPSA) is 65.2 Å². The van der Waals surface area contributed by atoms with Gasteiger partial charge in [0.05, 0.1) is 16.6 Å². The van der Waals surface area contributed by atoms with E-state index in [0.29, 0.717) is 0 Å². The van der Waals surface area contributed by atoms with Crippen molar-refractivity contribution in [3.8, 4) is 16.9 Å². The first kappa shape index (κ1) is 23.0. The third kappa shape index (κ3) is 5.40. The lowest BCUT2D eigenvalue weighted by atomic mass is 9.99. The summed E-state index contributed by atoms with van der Waals surface area (Å²) in [7, 11) is 0. The number of hydrogen-bond acceptors (Lipinski definition) is 3. The number of nitrogens with zero attached hydrogens (tertiary/aromatic N) is 1. The fraction of sp³-hybridized carbons (Fsp3) is 0.200. The van der Waals surface area contributed by atoms with Gasteiger partial charge in [-0.25, -0.2) is 0 Å². The number of nitrogens with two attached hydrogens (primary N) is 1. The Balaban J connectivity index is 0.00000155. The Morgan fingerprint density at radius 2 is 1.57 bits per heavy atom. The van der Waals surface area contributed by atoms with Crippen LogP contribution in [0.1, 0.15) is 29.8 Å². The summed E-state index contributed by atoms with van der Waals surface area (Å²) in [5, 5.41) is 0.105. The monoisotopic (exact) mass is 430 g/mol. The lowest BCUT2D eigenvalue weighted by molar-refractivity contribution is -0.274. The number of pyridine rings is 1. The van der Waals surface area contributed by atoms with Crippen LogP contribution in [0.15, 0.2) is 48.7 Å². The summed E-state index contributed by atoms with van der Waals surface area (Å²) in [6.07, 6.45) is -8.42. The van der Waals surface area contributed by atoms with Gasteiger partial charge >= 0.3 is 12.5 Å². The minimum atomic E-state index is -4.99. The van der Waals surface area contributed by atoms with Crippen LogP contribution in [0.3, 0.4) is 0 Å². The fourth-order valence-corrected chi connectivity index (χ4v) is 2.61. The molecule has 0 radical (unpaired) electrons. The molecular weight excluding hydrogens is 414 g/mol. The van der Waals surface area contributed by atoms with Crippen molar-refractivity contribution in [2.24, 2.45) is 5.73 Å². The molecule has 4 nitrogen and oxygen atoms in total. The first-order valence-electron chi connectivity index (χ1n) is 8.61. The molecule has 1 heterocycles. The molecule has 30 heavy (non-hydrogen) atoms. The number of hydrogen-bond donors (Lipinski definition) is 1. The highest BCUT2D eigenvalue weighted by atomic mass is 19.4. The maximum atomic E-state index is 12.7. The molecule has 3 aromatic rings. The third-order valence-corrected chi connectivity index (χ3v) is 3.80. The number of carbonyl (C=O) groups is 1. The van der Waals surface area contributed by atoms with Crippen molar-refractivity contribution in [1.29, 1.82) is 0 Å². The molecule has 0 fully saturated rings. The van der Waals surface area contributed by atoms with Gasteiger partial charge in [-0.15, -0.1) is 13.2 Å². The molecule has 2 N–H and O–H groups in total. The number of benzene rings is 2. The molecule has 2 aromatic carbocycles. The van der Waals surface area contributed by atoms with Gasteiger partial charge in [0.15, 0.2) is 0 Å². The maximum Gasteiger partial charge on any atom is 0.573 e. The summed E-state index contributed by atoms with van der Waals surface area (Å²) >= 11 is 0. The number of amides is 1. The number of primary amides is 1. The van der Waals surface area contributed by atoms with Gasteiger partial charge in [0, 0.05) is 17.1 Å². The van der Waals surface area contributed by atoms with Gasteiger partial charge in [0.2, 0.25) is 5.91 Å². The number of aromatic nitrogens is 1. The molecule has 0 unspecified atom stereocenters. The molecule has 0 aliphatic carbocycles. The minimum Gasteiger partial charge on any atom is -0.406 e. The van der Waals surface area contributed by atoms with Gasteiger partial charge in [-0.05, 0) is 35.9 Å². The molecule has 0 aliphatic rings. The third-order valence-electron chi connectivity index (χ3n) is 3.80. The van der Waals surface area contributed by atoms with E-state index in [1.54, 1.807) is 0 Å². The van der Waals surface area contributed by atoms with E-state index < -0.39 is 29.8 Å². The van der Waals surface area contributed by atoms with E-state index in [-0.39, 0.29) is 27.6 Å². The first-order valence-corrected chi connectivity index (χ1v) is 8.61. The van der Waals surface area contributed by atoms with Crippen molar-refractivity contribution >= 4 is 16.8 Å². The SMILES string of the molecule is CC.NC(=O)c1cnc2c(-c3ccc(C(F)(F)F)cc3)cc(OC(F)(F)F)cc2c1. The van der Waals surface area contributed by atoms with Crippen LogP contribution >= 0.6 is 0 Å². The number of halogens is 6. The van der Waals surface area contributed by atoms with E-state index in [2.05, 4.69) is 9.72 Å². The Labute approximate surface area is 167 Å². The van der Waals surface area contributed by atoms with Gasteiger partial charge in [-0.3, -0.25) is 9.78 Å². The van der Waals surface area contributed by atoms with Gasteiger partial charge in [-0.2, -0.15) is 13.2 Å². The summed E-state index contributed by atoms with van der Waals surface area (Å²) < 4.78 is 80.0. The molecule has 0 saturated carbocycles. The van der Waals surface area contributed by atoms with E-state index in [1.165, 1.54) is 6.07 Å². The molecule has 3 rings (SSSR count). The Morgan fingerprint density at radius 3 is 2.07 bits per heavy atom. The van der Waals surface area contributed by atoms with E-state index in [1.807, 2.05) is 13.8 Å². The molecule has 160 valence electrons. The summed E-state index contributed by atoms with van der Waals surface area (Å²) in [4.78, 5) is 15.3. The van der Waals surface area contributed by atoms with E-state index >= 15 is 0 Å². The summed E-state index contributed by atoms with van der Waals surface area (Å²) in [5.41, 5.74) is 4.65. The van der Waals surface area contributed by atoms with Crippen LogP contribution in [0, 0.1) is 0 Å². The van der Waals surface area contributed by atoms with Crippen molar-refractivity contribution < 1.29 is 35.9 Å². The first-order chi connectivity index (χ1) is 13.9. The van der Waals surface area contributed by atoms with Crippen LogP contribution in [0.5, 0.6) is 5.75 Å². The van der Waals surface area contributed by atoms with Crippen molar-refractivity contribution in [1.82, 2.24) is 4.98 Å². The van der Waals surface area contributed by atoms with Crippen LogP contribution in [0.2, 0.25) is 0 Å². The quantitative estimate of drug-likeness (QED) is 0.523. The van der Waals surface area contributed by atoms with Gasteiger partial charge in [0.1, 0.15) is 5.75 Å². The molecule has 1 aromatic heterocycles. The van der Waals surface area contributed by atoms with Gasteiger partial charge in [0.25, 0.3) is 0 Å². The Kier molecular flexibility index (Phi) is 6.59. The smallest absolute Gasteiger partial charge is 0.406 e. The second-order valence-corrected chi connectivity index (χ2v) is 5.75. The second-order valence-electron chi connectivity index (χ2n) is 5.75. The summed E-state index contributed by atoms with van der Waals surface area (Å²) in [5.74, 6) is -1.45. The van der Waals surface area contributed by atoms with Gasteiger partial charge in [-0.1, -0.05) is 26.0 Å². The van der Waals surface area contributed by atoms with Crippen LogP contribution in [-0.4, -0.2) is 17.3 Å². The number of fused-ring (bicyclic) bond motifs is 1. The van der Waals surface area contributed by atoms with Crippen molar-refractivity contribution in [3.05, 3.63) is 59.8 Å². The minimum absolute atomic E-state index is 0.0463. The van der Waals surface area contributed by atoms with Crippen LogP contribution in [0.25, 0.3) is 22.0 Å². The van der Waals surface area contributed by atoms with Crippen LogP contribution in [-0.2, 0) is 6.18 Å². The van der Waals surface area contributed by atoms with Crippen molar-refractivity contribution in [2.45, 2.75) is 26.4 Å². The largest absolute Gasteiger partial charge is 0.573 e. The number of rotatable bonds is 3. The average molecular weight is 430 g/mol. The molecule has 0 saturated heterocycles. The lowest BCUT2D eigenvalue weighted by Gasteiger charge is -2.14. The van der Waals surface area contributed by atoms with E-state index in [9.17, 15) is 31.1 Å². The predicted octanol–water partition coefficient (Wildman–Crippen LogP) is 5.94. The zero-order valence-electron chi connectivity index (χ0n) is 15.7. The average Bonchev–Trinajstić information content (AvgIpc) is 2.66. The molecule has 0 aliphatic heterocycles. The molecule has 10 heteroatoms. The molecule has 1 amide bonds. The Hall–Kier alpha value is -3.30. The predicted molar refractivity (Wildman–Crippen MR) is 98.7 cm³/mol. The maximum absolute atomic E-state index is 12.7. The zero-order valence-corrected chi connectivity index (χ0v) is 15.7. The van der Waals surface area contributed by atoms with Crippen molar-refractivity contribution in [3.63, 3.8) is 0 Å². The summed E-state index contributed by atoms with van der Waals surface area (Å²) in [6, 6.07) is 7.07. The molecule has 0 atom stereocenters. The van der Waals surface area contributed by atoms with E-state index in [4.69, 9.17) is 5.73 Å². The fourth-order valence-electron chi connectivity index (χ4n) is 2.61. The lowest BCUT2D eigenvalue weighted by Crippen LogP contribution is -2.17. The van der Waals surface area contributed by atoms with Crippen LogP contribution < -0.4 is 10.5 Å². The Morgan fingerprint density at radius 1 is 0.967 bits per heavy atom. The standard InChI is InChI=1S/C18H10F6N2O2.C2H6/c19-17(20,21)12-3-1-9(2-4-12)14-7-13(28-18(22,23)24)6-10-5-11(16(25)27)8-26-15(10)14;1-2/h1-8H,(H2,25,27);1-2H3. The summed E-state index contributed by atoms with van der Waals surface area (Å²) in [6.45, 7) is 4.00. The highest BCUT2D eigenvalue weighted by Gasteiger charge is 2.32. The highest BCUT2D eigenvalue weighted by Crippen LogP contribution is 2.36. The number of carbonyl (C=O) groups excluding carboxylic acids is 1.